The van der Waals surface area contributed by atoms with Crippen LogP contribution in [0.5, 0.6) is 0 Å². The smallest absolute Gasteiger partial charge is 0.259 e. The van der Waals surface area contributed by atoms with Crippen LogP contribution >= 0.6 is 0 Å². The van der Waals surface area contributed by atoms with Gasteiger partial charge in [0.2, 0.25) is 5.91 Å². The topological polar surface area (TPSA) is 58.6 Å². The summed E-state index contributed by atoms with van der Waals surface area (Å²) < 4.78 is 5.90. The van der Waals surface area contributed by atoms with Crippen molar-refractivity contribution in [1.82, 2.24) is 10.2 Å². The number of carbonyl (C=O) groups excluding carboxylic acids is 2. The van der Waals surface area contributed by atoms with Crippen LogP contribution < -0.4 is 5.32 Å². The highest BCUT2D eigenvalue weighted by Crippen LogP contribution is 2.30. The lowest BCUT2D eigenvalue weighted by atomic mass is 9.88. The van der Waals surface area contributed by atoms with Gasteiger partial charge in [-0.2, -0.15) is 0 Å². The quantitative estimate of drug-likeness (QED) is 0.809. The van der Waals surface area contributed by atoms with Crippen LogP contribution in [-0.4, -0.2) is 42.5 Å². The van der Waals surface area contributed by atoms with Gasteiger partial charge < -0.3 is 10.1 Å². The van der Waals surface area contributed by atoms with E-state index in [0.717, 1.165) is 12.0 Å². The van der Waals surface area contributed by atoms with Crippen molar-refractivity contribution in [2.45, 2.75) is 38.7 Å². The number of nitrogens with zero attached hydrogens (tertiary/aromatic N) is 1. The number of hydrogen-bond acceptors (Lipinski definition) is 3. The molecule has 3 rings (SSSR count). The molecule has 1 aromatic rings. The monoisotopic (exact) mass is 342 g/mol. The first-order chi connectivity index (χ1) is 12.1. The highest BCUT2D eigenvalue weighted by molar-refractivity contribution is 6.10. The lowest BCUT2D eigenvalue weighted by Crippen LogP contribution is -2.38. The molecule has 5 nitrogen and oxygen atoms in total. The minimum absolute atomic E-state index is 0.00776. The molecule has 1 aliphatic carbocycles. The van der Waals surface area contributed by atoms with Gasteiger partial charge >= 0.3 is 0 Å². The van der Waals surface area contributed by atoms with E-state index < -0.39 is 0 Å². The fourth-order valence-corrected chi connectivity index (χ4v) is 3.63. The summed E-state index contributed by atoms with van der Waals surface area (Å²) >= 11 is 0. The second kappa shape index (κ2) is 7.83. The van der Waals surface area contributed by atoms with Crippen LogP contribution in [0.4, 0.5) is 0 Å². The third-order valence-corrected chi connectivity index (χ3v) is 5.13. The molecule has 2 aliphatic rings. The third-order valence-electron chi connectivity index (χ3n) is 5.13. The molecular weight excluding hydrogens is 316 g/mol. The summed E-state index contributed by atoms with van der Waals surface area (Å²) in [5.74, 6) is 0.235. The van der Waals surface area contributed by atoms with Crippen LogP contribution in [0.1, 0.15) is 48.5 Å². The summed E-state index contributed by atoms with van der Waals surface area (Å²) in [7, 11) is 0. The minimum atomic E-state index is -0.192. The zero-order valence-electron chi connectivity index (χ0n) is 14.8. The number of nitrogens with one attached hydrogen (secondary N) is 1. The summed E-state index contributed by atoms with van der Waals surface area (Å²) in [6.07, 6.45) is 5.14. The van der Waals surface area contributed by atoms with E-state index in [0.29, 0.717) is 36.4 Å². The molecule has 0 unspecified atom stereocenters. The molecule has 1 heterocycles. The van der Waals surface area contributed by atoms with E-state index in [2.05, 4.69) is 18.8 Å². The maximum absolute atomic E-state index is 12.4. The van der Waals surface area contributed by atoms with E-state index in [9.17, 15) is 9.59 Å². The molecule has 1 N–H and O–H groups in total. The van der Waals surface area contributed by atoms with Gasteiger partial charge in [0, 0.05) is 23.4 Å². The molecule has 2 amide bonds. The number of amides is 2. The Hall–Kier alpha value is -2.14. The van der Waals surface area contributed by atoms with E-state index in [4.69, 9.17) is 4.74 Å². The Morgan fingerprint density at radius 3 is 2.72 bits per heavy atom. The SMILES string of the molecule is C=C1c2ccccc2C(=O)N1CC(=O)NCCO[C@@H]1CCCC[C@H]1C. The molecule has 1 fully saturated rings. The molecule has 0 saturated heterocycles. The second-order valence-electron chi connectivity index (χ2n) is 6.90. The van der Waals surface area contributed by atoms with Crippen molar-refractivity contribution in [3.8, 4) is 0 Å². The van der Waals surface area contributed by atoms with E-state index in [1.54, 1.807) is 6.07 Å². The van der Waals surface area contributed by atoms with Crippen molar-refractivity contribution < 1.29 is 14.3 Å². The van der Waals surface area contributed by atoms with Crippen LogP contribution in [0.25, 0.3) is 5.70 Å². The van der Waals surface area contributed by atoms with Gasteiger partial charge in [0.1, 0.15) is 6.54 Å². The highest BCUT2D eigenvalue weighted by Gasteiger charge is 2.31. The first-order valence-electron chi connectivity index (χ1n) is 9.06. The molecule has 1 saturated carbocycles. The van der Waals surface area contributed by atoms with Crippen molar-refractivity contribution in [2.24, 2.45) is 5.92 Å². The van der Waals surface area contributed by atoms with Crippen molar-refractivity contribution in [3.63, 3.8) is 0 Å². The Bertz CT molecular complexity index is 636. The third kappa shape index (κ3) is 3.93. The second-order valence-corrected chi connectivity index (χ2v) is 6.90. The van der Waals surface area contributed by atoms with Gasteiger partial charge in [-0.15, -0.1) is 0 Å². The van der Waals surface area contributed by atoms with Gasteiger partial charge in [-0.05, 0) is 24.8 Å². The molecule has 2 atom stereocenters. The standard InChI is InChI=1S/C20H26N2O3/c1-14-7-3-6-10-18(14)25-12-11-21-19(23)13-22-15(2)16-8-4-5-9-17(16)20(22)24/h4-5,8-9,14,18H,2-3,6-7,10-13H2,1H3,(H,21,23)/t14-,18-/m1/s1. The molecule has 1 aromatic carbocycles. The van der Waals surface area contributed by atoms with Crippen molar-refractivity contribution in [3.05, 3.63) is 42.0 Å². The Labute approximate surface area is 149 Å². The Morgan fingerprint density at radius 2 is 2.00 bits per heavy atom. The zero-order valence-corrected chi connectivity index (χ0v) is 14.8. The number of rotatable bonds is 6. The predicted octanol–water partition coefficient (Wildman–Crippen LogP) is 2.82. The predicted molar refractivity (Wildman–Crippen MR) is 96.9 cm³/mol. The van der Waals surface area contributed by atoms with Crippen LogP contribution in [-0.2, 0) is 9.53 Å². The number of hydrogen-bond donors (Lipinski definition) is 1. The molecule has 0 bridgehead atoms. The average molecular weight is 342 g/mol. The number of ether oxygens (including phenoxy) is 1. The van der Waals surface area contributed by atoms with E-state index in [1.165, 1.54) is 24.2 Å². The summed E-state index contributed by atoms with van der Waals surface area (Å²) in [6.45, 7) is 7.14. The largest absolute Gasteiger partial charge is 0.376 e. The summed E-state index contributed by atoms with van der Waals surface area (Å²) in [6, 6.07) is 7.30. The van der Waals surface area contributed by atoms with E-state index in [1.807, 2.05) is 18.2 Å². The molecule has 5 heteroatoms. The Morgan fingerprint density at radius 1 is 1.28 bits per heavy atom. The maximum atomic E-state index is 12.4. The summed E-state index contributed by atoms with van der Waals surface area (Å²) in [5, 5.41) is 2.83. The van der Waals surface area contributed by atoms with Crippen molar-refractivity contribution in [1.29, 1.82) is 0 Å². The van der Waals surface area contributed by atoms with Gasteiger partial charge in [-0.3, -0.25) is 14.5 Å². The molecule has 0 radical (unpaired) electrons. The Balaban J connectivity index is 1.43. The molecule has 0 aromatic heterocycles. The normalized spacial score (nSPS) is 22.8. The average Bonchev–Trinajstić information content (AvgIpc) is 2.85. The van der Waals surface area contributed by atoms with Gasteiger partial charge in [-0.1, -0.05) is 44.5 Å². The first kappa shape index (κ1) is 17.7. The van der Waals surface area contributed by atoms with Gasteiger partial charge in [0.25, 0.3) is 5.91 Å². The zero-order chi connectivity index (χ0) is 17.8. The van der Waals surface area contributed by atoms with Gasteiger partial charge in [0.05, 0.1) is 12.7 Å². The summed E-state index contributed by atoms with van der Waals surface area (Å²) in [4.78, 5) is 26.0. The van der Waals surface area contributed by atoms with Crippen LogP contribution in [0, 0.1) is 5.92 Å². The van der Waals surface area contributed by atoms with E-state index in [-0.39, 0.29) is 18.4 Å². The van der Waals surface area contributed by atoms with Gasteiger partial charge in [0.15, 0.2) is 0 Å². The maximum Gasteiger partial charge on any atom is 0.259 e. The number of benzene rings is 1. The molecule has 134 valence electrons. The molecular formula is C20H26N2O3. The molecule has 0 spiro atoms. The molecule has 1 aliphatic heterocycles. The number of fused-ring (bicyclic) bond motifs is 1. The number of carbonyl (C=O) groups is 2. The van der Waals surface area contributed by atoms with Crippen LogP contribution in [0.3, 0.4) is 0 Å². The molecule has 25 heavy (non-hydrogen) atoms. The first-order valence-corrected chi connectivity index (χ1v) is 9.06. The fraction of sp³-hybridized carbons (Fsp3) is 0.500. The minimum Gasteiger partial charge on any atom is -0.376 e. The van der Waals surface area contributed by atoms with Gasteiger partial charge in [-0.25, -0.2) is 0 Å². The van der Waals surface area contributed by atoms with Crippen molar-refractivity contribution in [2.75, 3.05) is 19.7 Å². The fourth-order valence-electron chi connectivity index (χ4n) is 3.63. The summed E-state index contributed by atoms with van der Waals surface area (Å²) in [5.41, 5.74) is 1.99. The van der Waals surface area contributed by atoms with Crippen LogP contribution in [0.15, 0.2) is 30.8 Å². The Kier molecular flexibility index (Phi) is 5.53. The van der Waals surface area contributed by atoms with Crippen LogP contribution in [0.2, 0.25) is 0 Å². The lowest BCUT2D eigenvalue weighted by molar-refractivity contribution is -0.121. The van der Waals surface area contributed by atoms with Crippen molar-refractivity contribution >= 4 is 17.5 Å². The van der Waals surface area contributed by atoms with E-state index >= 15 is 0 Å². The lowest BCUT2D eigenvalue weighted by Gasteiger charge is -2.28. The highest BCUT2D eigenvalue weighted by atomic mass is 16.5.